The first kappa shape index (κ1) is 16.1. The number of rotatable bonds is 7. The Bertz CT molecular complexity index is 812. The number of aromatic nitrogens is 2. The zero-order chi connectivity index (χ0) is 16.8. The molecule has 0 unspecified atom stereocenters. The fraction of sp³-hybridized carbons (Fsp3) is 0.263. The number of amides is 1. The Hall–Kier alpha value is -2.82. The highest BCUT2D eigenvalue weighted by molar-refractivity contribution is 5.76. The number of aryl methyl sites for hydroxylation is 1. The van der Waals surface area contributed by atoms with Crippen molar-refractivity contribution in [3.63, 3.8) is 0 Å². The van der Waals surface area contributed by atoms with E-state index in [9.17, 15) is 4.79 Å². The van der Waals surface area contributed by atoms with E-state index >= 15 is 0 Å². The van der Waals surface area contributed by atoms with Crippen LogP contribution in [0.3, 0.4) is 0 Å². The average Bonchev–Trinajstić information content (AvgIpc) is 2.92. The van der Waals surface area contributed by atoms with E-state index in [-0.39, 0.29) is 5.91 Å². The molecule has 2 aromatic carbocycles. The number of benzene rings is 2. The van der Waals surface area contributed by atoms with Crippen molar-refractivity contribution in [2.75, 3.05) is 13.2 Å². The molecule has 0 saturated carbocycles. The summed E-state index contributed by atoms with van der Waals surface area (Å²) in [4.78, 5) is 16.4. The Labute approximate surface area is 141 Å². The van der Waals surface area contributed by atoms with Crippen molar-refractivity contribution in [3.8, 4) is 5.75 Å². The third-order valence-electron chi connectivity index (χ3n) is 3.84. The minimum Gasteiger partial charge on any atom is -0.493 e. The van der Waals surface area contributed by atoms with E-state index in [0.29, 0.717) is 26.1 Å². The van der Waals surface area contributed by atoms with Crippen LogP contribution in [0.5, 0.6) is 5.75 Å². The molecule has 3 rings (SSSR count). The van der Waals surface area contributed by atoms with Crippen molar-refractivity contribution >= 4 is 16.9 Å². The average molecular weight is 323 g/mol. The first-order valence-corrected chi connectivity index (χ1v) is 8.10. The van der Waals surface area contributed by atoms with Crippen molar-refractivity contribution in [2.45, 2.75) is 19.9 Å². The van der Waals surface area contributed by atoms with Crippen LogP contribution in [0, 0.1) is 6.92 Å². The van der Waals surface area contributed by atoms with E-state index in [2.05, 4.69) is 14.9 Å². The van der Waals surface area contributed by atoms with Crippen LogP contribution in [0.25, 0.3) is 11.0 Å². The van der Waals surface area contributed by atoms with Gasteiger partial charge in [-0.15, -0.1) is 0 Å². The van der Waals surface area contributed by atoms with E-state index in [4.69, 9.17) is 4.74 Å². The molecular formula is C19H21N3O2. The van der Waals surface area contributed by atoms with Gasteiger partial charge >= 0.3 is 0 Å². The van der Waals surface area contributed by atoms with Gasteiger partial charge in [-0.1, -0.05) is 30.3 Å². The fourth-order valence-corrected chi connectivity index (χ4v) is 2.65. The lowest BCUT2D eigenvalue weighted by atomic mass is 10.3. The van der Waals surface area contributed by atoms with Crippen LogP contribution in [-0.4, -0.2) is 28.6 Å². The molecule has 0 fully saturated rings. The summed E-state index contributed by atoms with van der Waals surface area (Å²) in [7, 11) is 0. The van der Waals surface area contributed by atoms with Crippen LogP contribution in [-0.2, 0) is 11.3 Å². The molecule has 0 aliphatic heterocycles. The maximum atomic E-state index is 11.9. The van der Waals surface area contributed by atoms with Crippen LogP contribution < -0.4 is 10.1 Å². The van der Waals surface area contributed by atoms with E-state index in [1.165, 1.54) is 0 Å². The van der Waals surface area contributed by atoms with Crippen LogP contribution in [0.4, 0.5) is 0 Å². The normalized spacial score (nSPS) is 10.7. The lowest BCUT2D eigenvalue weighted by Crippen LogP contribution is -2.28. The Morgan fingerprint density at radius 3 is 2.71 bits per heavy atom. The zero-order valence-electron chi connectivity index (χ0n) is 13.7. The molecule has 0 spiro atoms. The number of imidazole rings is 1. The van der Waals surface area contributed by atoms with Gasteiger partial charge in [0.2, 0.25) is 5.91 Å². The second kappa shape index (κ2) is 7.64. The zero-order valence-corrected chi connectivity index (χ0v) is 13.7. The SMILES string of the molecule is Cc1nc2ccccc2n1CCNC(=O)CCOc1ccccc1. The molecule has 0 aliphatic rings. The number of nitrogens with zero attached hydrogens (tertiary/aromatic N) is 2. The van der Waals surface area contributed by atoms with E-state index < -0.39 is 0 Å². The Morgan fingerprint density at radius 1 is 1.12 bits per heavy atom. The fourth-order valence-electron chi connectivity index (χ4n) is 2.65. The molecule has 5 nitrogen and oxygen atoms in total. The van der Waals surface area contributed by atoms with E-state index in [1.807, 2.05) is 61.5 Å². The Balaban J connectivity index is 1.44. The lowest BCUT2D eigenvalue weighted by Gasteiger charge is -2.09. The first-order chi connectivity index (χ1) is 11.7. The van der Waals surface area contributed by atoms with Crippen LogP contribution in [0.15, 0.2) is 54.6 Å². The molecule has 1 N–H and O–H groups in total. The quantitative estimate of drug-likeness (QED) is 0.727. The molecule has 24 heavy (non-hydrogen) atoms. The minimum atomic E-state index is -0.00648. The number of hydrogen-bond acceptors (Lipinski definition) is 3. The van der Waals surface area contributed by atoms with Gasteiger partial charge in [-0.3, -0.25) is 4.79 Å². The number of para-hydroxylation sites is 3. The van der Waals surface area contributed by atoms with Gasteiger partial charge in [0.15, 0.2) is 0 Å². The molecule has 0 aliphatic carbocycles. The first-order valence-electron chi connectivity index (χ1n) is 8.10. The molecular weight excluding hydrogens is 302 g/mol. The summed E-state index contributed by atoms with van der Waals surface area (Å²) < 4.78 is 7.65. The predicted octanol–water partition coefficient (Wildman–Crippen LogP) is 2.93. The van der Waals surface area contributed by atoms with Gasteiger partial charge in [0.05, 0.1) is 24.1 Å². The summed E-state index contributed by atoms with van der Waals surface area (Å²) in [5, 5.41) is 2.93. The number of carbonyl (C=O) groups excluding carboxylic acids is 1. The number of hydrogen-bond donors (Lipinski definition) is 1. The summed E-state index contributed by atoms with van der Waals surface area (Å²) in [5.41, 5.74) is 2.08. The highest BCUT2D eigenvalue weighted by Gasteiger charge is 2.07. The van der Waals surface area contributed by atoms with E-state index in [0.717, 1.165) is 22.6 Å². The van der Waals surface area contributed by atoms with Gasteiger partial charge in [0.1, 0.15) is 11.6 Å². The van der Waals surface area contributed by atoms with Crippen molar-refractivity contribution in [1.82, 2.24) is 14.9 Å². The third kappa shape index (κ3) is 3.93. The summed E-state index contributed by atoms with van der Waals surface area (Å²) in [6.07, 6.45) is 0.346. The largest absolute Gasteiger partial charge is 0.493 e. The molecule has 0 saturated heterocycles. The van der Waals surface area contributed by atoms with Crippen molar-refractivity contribution in [3.05, 3.63) is 60.4 Å². The lowest BCUT2D eigenvalue weighted by molar-refractivity contribution is -0.121. The topological polar surface area (TPSA) is 56.2 Å². The summed E-state index contributed by atoms with van der Waals surface area (Å²) >= 11 is 0. The minimum absolute atomic E-state index is 0.00648. The smallest absolute Gasteiger partial charge is 0.223 e. The third-order valence-corrected chi connectivity index (χ3v) is 3.84. The van der Waals surface area contributed by atoms with Gasteiger partial charge in [0, 0.05) is 13.1 Å². The summed E-state index contributed by atoms with van der Waals surface area (Å²) in [6.45, 7) is 3.64. The standard InChI is InChI=1S/C19H21N3O2/c1-15-21-17-9-5-6-10-18(17)22(15)13-12-20-19(23)11-14-24-16-7-3-2-4-8-16/h2-10H,11-14H2,1H3,(H,20,23). The van der Waals surface area contributed by atoms with Gasteiger partial charge in [-0.05, 0) is 31.2 Å². The summed E-state index contributed by atoms with van der Waals surface area (Å²) in [6, 6.07) is 17.5. The maximum Gasteiger partial charge on any atom is 0.223 e. The van der Waals surface area contributed by atoms with Crippen molar-refractivity contribution < 1.29 is 9.53 Å². The molecule has 1 heterocycles. The van der Waals surface area contributed by atoms with Crippen LogP contribution >= 0.6 is 0 Å². The molecule has 3 aromatic rings. The molecule has 0 bridgehead atoms. The number of ether oxygens (including phenoxy) is 1. The van der Waals surface area contributed by atoms with Crippen molar-refractivity contribution in [2.24, 2.45) is 0 Å². The molecule has 5 heteroatoms. The molecule has 0 radical (unpaired) electrons. The van der Waals surface area contributed by atoms with Gasteiger partial charge in [-0.25, -0.2) is 4.98 Å². The molecule has 0 atom stereocenters. The van der Waals surface area contributed by atoms with Crippen LogP contribution in [0.2, 0.25) is 0 Å². The summed E-state index contributed by atoms with van der Waals surface area (Å²) in [5.74, 6) is 1.73. The second-order valence-corrected chi connectivity index (χ2v) is 5.56. The number of nitrogens with one attached hydrogen (secondary N) is 1. The van der Waals surface area contributed by atoms with Gasteiger partial charge < -0.3 is 14.6 Å². The van der Waals surface area contributed by atoms with E-state index in [1.54, 1.807) is 0 Å². The van der Waals surface area contributed by atoms with Gasteiger partial charge in [-0.2, -0.15) is 0 Å². The Morgan fingerprint density at radius 2 is 1.88 bits per heavy atom. The number of carbonyl (C=O) groups is 1. The predicted molar refractivity (Wildman–Crippen MR) is 94.0 cm³/mol. The highest BCUT2D eigenvalue weighted by atomic mass is 16.5. The monoisotopic (exact) mass is 323 g/mol. The van der Waals surface area contributed by atoms with Gasteiger partial charge in [0.25, 0.3) is 0 Å². The number of fused-ring (bicyclic) bond motifs is 1. The van der Waals surface area contributed by atoms with Crippen molar-refractivity contribution in [1.29, 1.82) is 0 Å². The molecule has 124 valence electrons. The maximum absolute atomic E-state index is 11.9. The molecule has 1 aromatic heterocycles. The highest BCUT2D eigenvalue weighted by Crippen LogP contribution is 2.14. The molecule has 1 amide bonds. The second-order valence-electron chi connectivity index (χ2n) is 5.56. The van der Waals surface area contributed by atoms with Crippen LogP contribution in [0.1, 0.15) is 12.2 Å². The Kier molecular flexibility index (Phi) is 5.11.